The number of nitrogens with one attached hydrogen (secondary N) is 1. The van der Waals surface area contributed by atoms with Crippen molar-refractivity contribution in [3.63, 3.8) is 0 Å². The summed E-state index contributed by atoms with van der Waals surface area (Å²) in [6.07, 6.45) is 3.11. The van der Waals surface area contributed by atoms with Crippen LogP contribution in [-0.4, -0.2) is 42.8 Å². The summed E-state index contributed by atoms with van der Waals surface area (Å²) in [4.78, 5) is 7.24. The van der Waals surface area contributed by atoms with Gasteiger partial charge >= 0.3 is 0 Å². The van der Waals surface area contributed by atoms with Crippen LogP contribution in [0.15, 0.2) is 29.4 Å². The van der Waals surface area contributed by atoms with Crippen LogP contribution in [0.3, 0.4) is 0 Å². The zero-order chi connectivity index (χ0) is 15.0. The number of aromatic amines is 1. The summed E-state index contributed by atoms with van der Waals surface area (Å²) in [5.74, 6) is 0. The lowest BCUT2D eigenvalue weighted by Gasteiger charge is -2.28. The third-order valence-electron chi connectivity index (χ3n) is 3.30. The molecule has 0 aromatic carbocycles. The van der Waals surface area contributed by atoms with Crippen molar-refractivity contribution >= 4 is 21.1 Å². The molecule has 20 heavy (non-hydrogen) atoms. The second kappa shape index (κ2) is 5.16. The number of aromatic nitrogens is 2. The molecule has 110 valence electrons. The maximum absolute atomic E-state index is 12.6. The molecule has 2 aromatic rings. The third kappa shape index (κ3) is 2.70. The van der Waals surface area contributed by atoms with Gasteiger partial charge in [-0.3, -0.25) is 0 Å². The Kier molecular flexibility index (Phi) is 3.86. The average Bonchev–Trinajstić information content (AvgIpc) is 2.82. The van der Waals surface area contributed by atoms with Crippen LogP contribution in [0.4, 0.5) is 0 Å². The van der Waals surface area contributed by atoms with Crippen LogP contribution in [0.5, 0.6) is 0 Å². The average molecular weight is 296 g/mol. The normalized spacial score (nSPS) is 13.2. The zero-order valence-electron chi connectivity index (χ0n) is 11.9. The Balaban J connectivity index is 2.40. The monoisotopic (exact) mass is 296 g/mol. The van der Waals surface area contributed by atoms with Crippen LogP contribution >= 0.6 is 0 Å². The fourth-order valence-corrected chi connectivity index (χ4v) is 3.57. The molecule has 0 saturated heterocycles. The highest BCUT2D eigenvalue weighted by Crippen LogP contribution is 2.25. The summed E-state index contributed by atoms with van der Waals surface area (Å²) in [7, 11) is -1.99. The van der Waals surface area contributed by atoms with E-state index in [1.165, 1.54) is 10.5 Å². The second-order valence-electron chi connectivity index (χ2n) is 5.68. The number of nitrogens with two attached hydrogens (primary N) is 1. The largest absolute Gasteiger partial charge is 0.345 e. The Morgan fingerprint density at radius 2 is 2.15 bits per heavy atom. The molecule has 2 rings (SSSR count). The molecule has 2 aromatic heterocycles. The first-order chi connectivity index (χ1) is 9.28. The van der Waals surface area contributed by atoms with E-state index in [0.29, 0.717) is 24.1 Å². The van der Waals surface area contributed by atoms with Crippen molar-refractivity contribution in [2.24, 2.45) is 11.1 Å². The fourth-order valence-electron chi connectivity index (χ4n) is 2.06. The highest BCUT2D eigenvalue weighted by molar-refractivity contribution is 7.89. The quantitative estimate of drug-likeness (QED) is 0.866. The molecule has 0 spiro atoms. The van der Waals surface area contributed by atoms with Gasteiger partial charge in [0.15, 0.2) is 0 Å². The van der Waals surface area contributed by atoms with E-state index in [9.17, 15) is 8.42 Å². The van der Waals surface area contributed by atoms with Gasteiger partial charge in [-0.15, -0.1) is 0 Å². The van der Waals surface area contributed by atoms with Gasteiger partial charge in [0.25, 0.3) is 0 Å². The summed E-state index contributed by atoms with van der Waals surface area (Å²) in [6.45, 7) is 4.66. The van der Waals surface area contributed by atoms with Crippen molar-refractivity contribution < 1.29 is 8.42 Å². The van der Waals surface area contributed by atoms with E-state index in [4.69, 9.17) is 5.73 Å². The van der Waals surface area contributed by atoms with E-state index in [1.807, 2.05) is 13.8 Å². The Hall–Kier alpha value is -1.44. The molecular weight excluding hydrogens is 276 g/mol. The van der Waals surface area contributed by atoms with Crippen molar-refractivity contribution in [1.29, 1.82) is 0 Å². The number of nitrogens with zero attached hydrogens (tertiary/aromatic N) is 2. The Morgan fingerprint density at radius 1 is 1.45 bits per heavy atom. The van der Waals surface area contributed by atoms with Gasteiger partial charge < -0.3 is 10.7 Å². The molecule has 3 N–H and O–H groups in total. The number of fused-ring (bicyclic) bond motifs is 1. The van der Waals surface area contributed by atoms with Crippen molar-refractivity contribution in [2.45, 2.75) is 18.7 Å². The Morgan fingerprint density at radius 3 is 2.80 bits per heavy atom. The molecule has 7 heteroatoms. The standard InChI is InChI=1S/C13H20N4O2S/c1-13(2,8-14)9-17(3)20(18,19)11-7-16-12-10(11)5-4-6-15-12/h4-7H,8-9,14H2,1-3H3,(H,15,16). The minimum absolute atomic E-state index is 0.246. The van der Waals surface area contributed by atoms with Crippen LogP contribution in [0, 0.1) is 5.41 Å². The van der Waals surface area contributed by atoms with Crippen molar-refractivity contribution in [3.05, 3.63) is 24.5 Å². The molecule has 0 saturated carbocycles. The van der Waals surface area contributed by atoms with Gasteiger partial charge in [0.1, 0.15) is 10.5 Å². The van der Waals surface area contributed by atoms with E-state index >= 15 is 0 Å². The number of hydrogen-bond donors (Lipinski definition) is 2. The predicted octanol–water partition coefficient (Wildman–Crippen LogP) is 1.17. The van der Waals surface area contributed by atoms with Gasteiger partial charge in [-0.1, -0.05) is 13.8 Å². The molecule has 6 nitrogen and oxygen atoms in total. The minimum atomic E-state index is -3.56. The van der Waals surface area contributed by atoms with E-state index in [0.717, 1.165) is 0 Å². The number of sulfonamides is 1. The molecule has 0 fully saturated rings. The Labute approximate surface area is 119 Å². The molecule has 0 aliphatic carbocycles. The third-order valence-corrected chi connectivity index (χ3v) is 5.15. The second-order valence-corrected chi connectivity index (χ2v) is 7.70. The van der Waals surface area contributed by atoms with Gasteiger partial charge in [-0.25, -0.2) is 17.7 Å². The molecule has 0 radical (unpaired) electrons. The van der Waals surface area contributed by atoms with Crippen molar-refractivity contribution in [1.82, 2.24) is 14.3 Å². The smallest absolute Gasteiger partial charge is 0.245 e. The zero-order valence-corrected chi connectivity index (χ0v) is 12.7. The summed E-state index contributed by atoms with van der Waals surface area (Å²) in [6, 6.07) is 3.46. The molecule has 0 bridgehead atoms. The van der Waals surface area contributed by atoms with Crippen molar-refractivity contribution in [3.8, 4) is 0 Å². The van der Waals surface area contributed by atoms with Gasteiger partial charge in [0.2, 0.25) is 10.0 Å². The highest BCUT2D eigenvalue weighted by atomic mass is 32.2. The van der Waals surface area contributed by atoms with Gasteiger partial charge in [0.05, 0.1) is 0 Å². The van der Waals surface area contributed by atoms with Crippen molar-refractivity contribution in [2.75, 3.05) is 20.1 Å². The SMILES string of the molecule is CN(CC(C)(C)CN)S(=O)(=O)c1c[nH]c2ncccc12. The van der Waals surface area contributed by atoms with E-state index < -0.39 is 10.0 Å². The van der Waals surface area contributed by atoms with Crippen LogP contribution in [0.2, 0.25) is 0 Å². The molecule has 0 atom stereocenters. The van der Waals surface area contributed by atoms with Gasteiger partial charge in [-0.05, 0) is 24.1 Å². The maximum atomic E-state index is 12.6. The van der Waals surface area contributed by atoms with E-state index in [2.05, 4.69) is 9.97 Å². The van der Waals surface area contributed by atoms with E-state index in [1.54, 1.807) is 25.4 Å². The molecule has 0 aliphatic rings. The lowest BCUT2D eigenvalue weighted by atomic mass is 9.94. The number of pyridine rings is 1. The van der Waals surface area contributed by atoms with Crippen LogP contribution < -0.4 is 5.73 Å². The number of hydrogen-bond acceptors (Lipinski definition) is 4. The minimum Gasteiger partial charge on any atom is -0.345 e. The molecule has 0 aliphatic heterocycles. The first kappa shape index (κ1) is 15.0. The number of H-pyrrole nitrogens is 1. The lowest BCUT2D eigenvalue weighted by molar-refractivity contribution is 0.292. The maximum Gasteiger partial charge on any atom is 0.245 e. The topological polar surface area (TPSA) is 92.1 Å². The number of rotatable bonds is 5. The van der Waals surface area contributed by atoms with E-state index in [-0.39, 0.29) is 10.3 Å². The van der Waals surface area contributed by atoms with Crippen LogP contribution in [-0.2, 0) is 10.0 Å². The first-order valence-electron chi connectivity index (χ1n) is 6.36. The highest BCUT2D eigenvalue weighted by Gasteiger charge is 2.29. The summed E-state index contributed by atoms with van der Waals surface area (Å²) in [5, 5.41) is 0.602. The van der Waals surface area contributed by atoms with Gasteiger partial charge in [-0.2, -0.15) is 0 Å². The van der Waals surface area contributed by atoms with Crippen LogP contribution in [0.1, 0.15) is 13.8 Å². The summed E-state index contributed by atoms with van der Waals surface area (Å²) < 4.78 is 26.6. The lowest BCUT2D eigenvalue weighted by Crippen LogP contribution is -2.39. The molecule has 0 unspecified atom stereocenters. The predicted molar refractivity (Wildman–Crippen MR) is 78.7 cm³/mol. The van der Waals surface area contributed by atoms with Gasteiger partial charge in [0, 0.05) is 31.4 Å². The molecule has 0 amide bonds. The first-order valence-corrected chi connectivity index (χ1v) is 7.80. The van der Waals surface area contributed by atoms with Crippen LogP contribution in [0.25, 0.3) is 11.0 Å². The summed E-state index contributed by atoms with van der Waals surface area (Å²) >= 11 is 0. The molecular formula is C13H20N4O2S. The Bertz CT molecular complexity index is 706. The fraction of sp³-hybridized carbons (Fsp3) is 0.462. The molecule has 2 heterocycles. The summed E-state index contributed by atoms with van der Waals surface area (Å²) in [5.41, 5.74) is 5.96.